The second-order valence-electron chi connectivity index (χ2n) is 6.68. The van der Waals surface area contributed by atoms with Crippen LogP contribution in [0.15, 0.2) is 0 Å². The predicted octanol–water partition coefficient (Wildman–Crippen LogP) is 2.02. The summed E-state index contributed by atoms with van der Waals surface area (Å²) in [5.74, 6) is 0.919. The Kier molecular flexibility index (Phi) is 3.65. The molecule has 0 amide bonds. The fourth-order valence-corrected chi connectivity index (χ4v) is 3.82. The Morgan fingerprint density at radius 2 is 2.17 bits per heavy atom. The lowest BCUT2D eigenvalue weighted by molar-refractivity contribution is -0.0322. The lowest BCUT2D eigenvalue weighted by Gasteiger charge is -2.50. The van der Waals surface area contributed by atoms with Crippen LogP contribution in [0.25, 0.3) is 0 Å². The van der Waals surface area contributed by atoms with Gasteiger partial charge in [-0.2, -0.15) is 0 Å². The zero-order valence-corrected chi connectivity index (χ0v) is 12.0. The molecule has 3 rings (SSSR count). The third kappa shape index (κ3) is 2.45. The summed E-state index contributed by atoms with van der Waals surface area (Å²) in [6.45, 7) is 9.08. The molecule has 0 spiro atoms. The van der Waals surface area contributed by atoms with Crippen molar-refractivity contribution in [2.24, 2.45) is 5.92 Å². The summed E-state index contributed by atoms with van der Waals surface area (Å²) in [5.41, 5.74) is 0.364. The van der Waals surface area contributed by atoms with Crippen LogP contribution in [0.5, 0.6) is 0 Å². The second-order valence-corrected chi connectivity index (χ2v) is 6.68. The Labute approximate surface area is 111 Å². The molecule has 3 aliphatic rings. The van der Waals surface area contributed by atoms with Crippen LogP contribution in [-0.2, 0) is 4.74 Å². The summed E-state index contributed by atoms with van der Waals surface area (Å²) in [7, 11) is 0. The third-order valence-corrected chi connectivity index (χ3v) is 5.28. The first-order chi connectivity index (χ1) is 8.73. The molecule has 3 unspecified atom stereocenters. The van der Waals surface area contributed by atoms with Crippen molar-refractivity contribution >= 4 is 0 Å². The van der Waals surface area contributed by atoms with Gasteiger partial charge < -0.3 is 10.1 Å². The molecule has 1 saturated carbocycles. The molecule has 18 heavy (non-hydrogen) atoms. The van der Waals surface area contributed by atoms with E-state index >= 15 is 0 Å². The van der Waals surface area contributed by atoms with Gasteiger partial charge >= 0.3 is 0 Å². The van der Waals surface area contributed by atoms with E-state index in [1.165, 1.54) is 45.2 Å². The number of ether oxygens (including phenoxy) is 1. The topological polar surface area (TPSA) is 24.5 Å². The second kappa shape index (κ2) is 5.10. The minimum atomic E-state index is 0.364. The number of nitrogens with zero attached hydrogens (tertiary/aromatic N) is 1. The molecule has 0 radical (unpaired) electrons. The van der Waals surface area contributed by atoms with E-state index in [0.29, 0.717) is 17.6 Å². The molecule has 3 nitrogen and oxygen atoms in total. The van der Waals surface area contributed by atoms with Crippen molar-refractivity contribution in [2.45, 2.75) is 63.6 Å². The van der Waals surface area contributed by atoms with Crippen molar-refractivity contribution in [3.05, 3.63) is 0 Å². The Hall–Kier alpha value is -0.120. The zero-order valence-electron chi connectivity index (χ0n) is 12.0. The van der Waals surface area contributed by atoms with Crippen LogP contribution in [0.4, 0.5) is 0 Å². The van der Waals surface area contributed by atoms with Crippen molar-refractivity contribution in [1.82, 2.24) is 10.2 Å². The minimum Gasteiger partial charge on any atom is -0.380 e. The summed E-state index contributed by atoms with van der Waals surface area (Å²) in [6, 6.07) is 1.38. The van der Waals surface area contributed by atoms with Gasteiger partial charge in [-0.05, 0) is 44.9 Å². The number of piperazine rings is 1. The first kappa shape index (κ1) is 12.9. The summed E-state index contributed by atoms with van der Waals surface area (Å²) < 4.78 is 5.71. The van der Waals surface area contributed by atoms with Crippen LogP contribution in [0.2, 0.25) is 0 Å². The lowest BCUT2D eigenvalue weighted by Crippen LogP contribution is -2.66. The number of hydrogen-bond acceptors (Lipinski definition) is 3. The maximum atomic E-state index is 5.71. The lowest BCUT2D eigenvalue weighted by atomic mass is 9.88. The van der Waals surface area contributed by atoms with Crippen molar-refractivity contribution in [2.75, 3.05) is 26.3 Å². The average molecular weight is 252 g/mol. The monoisotopic (exact) mass is 252 g/mol. The van der Waals surface area contributed by atoms with Crippen LogP contribution < -0.4 is 5.32 Å². The van der Waals surface area contributed by atoms with E-state index in [1.54, 1.807) is 0 Å². The van der Waals surface area contributed by atoms with Crippen molar-refractivity contribution < 1.29 is 4.74 Å². The molecule has 0 aromatic heterocycles. The smallest absolute Gasteiger partial charge is 0.0621 e. The van der Waals surface area contributed by atoms with E-state index in [1.807, 2.05) is 0 Å². The van der Waals surface area contributed by atoms with Crippen molar-refractivity contribution in [3.63, 3.8) is 0 Å². The molecule has 2 aliphatic heterocycles. The van der Waals surface area contributed by atoms with Crippen LogP contribution in [0.1, 0.15) is 46.0 Å². The van der Waals surface area contributed by atoms with Gasteiger partial charge in [0.25, 0.3) is 0 Å². The molecule has 1 N–H and O–H groups in total. The van der Waals surface area contributed by atoms with Gasteiger partial charge in [-0.15, -0.1) is 0 Å². The number of rotatable bonds is 3. The van der Waals surface area contributed by atoms with E-state index in [9.17, 15) is 0 Å². The van der Waals surface area contributed by atoms with Gasteiger partial charge in [-0.25, -0.2) is 0 Å². The Bertz CT molecular complexity index is 286. The molecule has 3 atom stereocenters. The maximum Gasteiger partial charge on any atom is 0.0621 e. The summed E-state index contributed by atoms with van der Waals surface area (Å²) >= 11 is 0. The molecule has 0 bridgehead atoms. The van der Waals surface area contributed by atoms with Gasteiger partial charge in [0.1, 0.15) is 0 Å². The normalized spacial score (nSPS) is 43.0. The largest absolute Gasteiger partial charge is 0.380 e. The van der Waals surface area contributed by atoms with Crippen molar-refractivity contribution in [3.8, 4) is 0 Å². The molecule has 1 aliphatic carbocycles. The van der Waals surface area contributed by atoms with Gasteiger partial charge in [0.05, 0.1) is 6.61 Å². The predicted molar refractivity (Wildman–Crippen MR) is 73.8 cm³/mol. The zero-order chi connectivity index (χ0) is 12.6. The molecule has 104 valence electrons. The van der Waals surface area contributed by atoms with Gasteiger partial charge in [-0.3, -0.25) is 4.90 Å². The molecule has 0 aromatic rings. The first-order valence-electron chi connectivity index (χ1n) is 7.81. The van der Waals surface area contributed by atoms with Gasteiger partial charge in [-0.1, -0.05) is 6.92 Å². The highest BCUT2D eigenvalue weighted by molar-refractivity contribution is 5.05. The van der Waals surface area contributed by atoms with Gasteiger partial charge in [0.2, 0.25) is 0 Å². The van der Waals surface area contributed by atoms with E-state index in [2.05, 4.69) is 24.1 Å². The fourth-order valence-electron chi connectivity index (χ4n) is 3.82. The molecule has 2 saturated heterocycles. The third-order valence-electron chi connectivity index (χ3n) is 5.28. The van der Waals surface area contributed by atoms with E-state index in [4.69, 9.17) is 4.74 Å². The average Bonchev–Trinajstić information content (AvgIpc) is 3.24. The number of hydrogen-bond donors (Lipinski definition) is 1. The van der Waals surface area contributed by atoms with Crippen LogP contribution >= 0.6 is 0 Å². The van der Waals surface area contributed by atoms with E-state index in [0.717, 1.165) is 19.1 Å². The molecular formula is C15H28N2O. The van der Waals surface area contributed by atoms with Gasteiger partial charge in [0, 0.05) is 37.3 Å². The fraction of sp³-hybridized carbons (Fsp3) is 1.00. The Morgan fingerprint density at radius 1 is 1.33 bits per heavy atom. The molecule has 3 fully saturated rings. The maximum absolute atomic E-state index is 5.71. The molecule has 0 aromatic carbocycles. The SMILES string of the molecule is CCC1CNC(C)(C2CC2)CN1C1CCCOC1. The number of nitrogens with one attached hydrogen (secondary N) is 1. The summed E-state index contributed by atoms with van der Waals surface area (Å²) in [5, 5.41) is 3.85. The van der Waals surface area contributed by atoms with E-state index in [-0.39, 0.29) is 0 Å². The highest BCUT2D eigenvalue weighted by atomic mass is 16.5. The standard InChI is InChI=1S/C15H28N2O/c1-3-13-9-16-15(2,12-6-7-12)11-17(13)14-5-4-8-18-10-14/h12-14,16H,3-11H2,1-2H3. The highest BCUT2D eigenvalue weighted by Gasteiger charge is 2.47. The van der Waals surface area contributed by atoms with Crippen LogP contribution in [-0.4, -0.2) is 48.8 Å². The Morgan fingerprint density at radius 3 is 2.78 bits per heavy atom. The highest BCUT2D eigenvalue weighted by Crippen LogP contribution is 2.42. The molecule has 3 heteroatoms. The summed E-state index contributed by atoms with van der Waals surface area (Å²) in [6.07, 6.45) is 6.68. The molecule has 2 heterocycles. The van der Waals surface area contributed by atoms with E-state index < -0.39 is 0 Å². The Balaban J connectivity index is 1.70. The van der Waals surface area contributed by atoms with Crippen LogP contribution in [0.3, 0.4) is 0 Å². The minimum absolute atomic E-state index is 0.364. The first-order valence-corrected chi connectivity index (χ1v) is 7.81. The summed E-state index contributed by atoms with van der Waals surface area (Å²) in [4.78, 5) is 2.77. The van der Waals surface area contributed by atoms with Gasteiger partial charge in [0.15, 0.2) is 0 Å². The van der Waals surface area contributed by atoms with Crippen molar-refractivity contribution in [1.29, 1.82) is 0 Å². The molecular weight excluding hydrogens is 224 g/mol. The quantitative estimate of drug-likeness (QED) is 0.831. The van der Waals surface area contributed by atoms with Crippen LogP contribution in [0, 0.1) is 5.92 Å².